The minimum Gasteiger partial charge on any atom is -0.462 e. The van der Waals surface area contributed by atoms with E-state index in [4.69, 9.17) is 0 Å². The Kier molecular flexibility index (Phi) is 3.35. The van der Waals surface area contributed by atoms with E-state index in [-0.39, 0.29) is 6.42 Å². The van der Waals surface area contributed by atoms with Crippen molar-refractivity contribution < 1.29 is 36.6 Å². The molecule has 20 heavy (non-hydrogen) atoms. The van der Waals surface area contributed by atoms with E-state index in [0.29, 0.717) is 0 Å². The first-order chi connectivity index (χ1) is 9.05. The average Bonchev–Trinajstić information content (AvgIpc) is 2.84. The predicted octanol–water partition coefficient (Wildman–Crippen LogP) is 2.30. The number of carbonyl (C=O) groups excluding carboxylic acids is 1. The van der Waals surface area contributed by atoms with Crippen LogP contribution in [0, 0.1) is 17.8 Å². The molecule has 4 atom stereocenters. The van der Waals surface area contributed by atoms with Crippen LogP contribution in [-0.2, 0) is 9.53 Å². The number of hydrogen-bond donors (Lipinski definition) is 1. The molecule has 2 saturated carbocycles. The molecule has 2 aliphatic rings. The summed E-state index contributed by atoms with van der Waals surface area (Å²) >= 11 is 0. The molecule has 0 aromatic rings. The van der Waals surface area contributed by atoms with Gasteiger partial charge in [0.25, 0.3) is 5.92 Å². The molecular weight excluding hydrogens is 287 g/mol. The highest BCUT2D eigenvalue weighted by Gasteiger charge is 2.82. The molecule has 3 nitrogen and oxygen atoms in total. The lowest BCUT2D eigenvalue weighted by molar-refractivity contribution is -0.353. The van der Waals surface area contributed by atoms with Crippen LogP contribution in [0.5, 0.6) is 0 Å². The molecule has 2 fully saturated rings. The summed E-state index contributed by atoms with van der Waals surface area (Å²) in [6, 6.07) is 0. The number of alkyl halides is 5. The first-order valence-electron chi connectivity index (χ1n) is 6.01. The Morgan fingerprint density at radius 1 is 1.40 bits per heavy atom. The molecular formula is C12H13F5O3. The normalized spacial score (nSPS) is 38.8. The van der Waals surface area contributed by atoms with Crippen molar-refractivity contribution >= 4 is 5.97 Å². The molecule has 2 bridgehead atoms. The number of carbonyl (C=O) groups is 1. The van der Waals surface area contributed by atoms with Crippen molar-refractivity contribution in [3.63, 3.8) is 0 Å². The first-order valence-corrected chi connectivity index (χ1v) is 6.01. The van der Waals surface area contributed by atoms with Gasteiger partial charge in [-0.25, -0.2) is 13.6 Å². The number of hydrogen-bond acceptors (Lipinski definition) is 3. The Morgan fingerprint density at radius 3 is 2.45 bits per heavy atom. The third-order valence-electron chi connectivity index (χ3n) is 4.29. The maximum atomic E-state index is 13.7. The monoisotopic (exact) mass is 300 g/mol. The minimum atomic E-state index is -5.43. The van der Waals surface area contributed by atoms with Gasteiger partial charge in [0.2, 0.25) is 5.60 Å². The maximum Gasteiger partial charge on any atom is 0.423 e. The summed E-state index contributed by atoms with van der Waals surface area (Å²) in [6.45, 7) is 2.69. The molecule has 0 spiro atoms. The van der Waals surface area contributed by atoms with Gasteiger partial charge in [0, 0.05) is 17.9 Å². The SMILES string of the molecule is C=CC(=O)OCC1CC2CC1C(O)(C(F)(F)F)C2(F)F. The van der Waals surface area contributed by atoms with Gasteiger partial charge in [-0.1, -0.05) is 6.58 Å². The molecule has 114 valence electrons. The Hall–Kier alpha value is -1.18. The van der Waals surface area contributed by atoms with Crippen LogP contribution in [0.25, 0.3) is 0 Å². The van der Waals surface area contributed by atoms with Gasteiger partial charge >= 0.3 is 12.1 Å². The summed E-state index contributed by atoms with van der Waals surface area (Å²) in [5, 5.41) is 9.60. The zero-order chi connectivity index (χ0) is 15.3. The lowest BCUT2D eigenvalue weighted by Crippen LogP contribution is -2.64. The topological polar surface area (TPSA) is 46.5 Å². The maximum absolute atomic E-state index is 13.7. The molecule has 0 aliphatic heterocycles. The average molecular weight is 300 g/mol. The van der Waals surface area contributed by atoms with Gasteiger partial charge in [0.15, 0.2) is 0 Å². The zero-order valence-electron chi connectivity index (χ0n) is 10.3. The molecule has 2 aliphatic carbocycles. The lowest BCUT2D eigenvalue weighted by Gasteiger charge is -2.43. The van der Waals surface area contributed by atoms with E-state index >= 15 is 0 Å². The van der Waals surface area contributed by atoms with Crippen LogP contribution in [0.3, 0.4) is 0 Å². The zero-order valence-corrected chi connectivity index (χ0v) is 10.3. The highest BCUT2D eigenvalue weighted by atomic mass is 19.4. The summed E-state index contributed by atoms with van der Waals surface area (Å²) in [6.07, 6.45) is -5.24. The van der Waals surface area contributed by atoms with Crippen LogP contribution < -0.4 is 0 Å². The second-order valence-electron chi connectivity index (χ2n) is 5.26. The standard InChI is InChI=1S/C12H13F5O3/c1-2-9(18)20-5-6-3-7-4-8(6)10(19,11(7,13)14)12(15,16)17/h2,6-8,19H,1,3-5H2. The van der Waals surface area contributed by atoms with Crippen LogP contribution in [0.1, 0.15) is 12.8 Å². The second kappa shape index (κ2) is 4.41. The van der Waals surface area contributed by atoms with Gasteiger partial charge < -0.3 is 9.84 Å². The molecule has 0 aromatic heterocycles. The Morgan fingerprint density at radius 2 is 2.00 bits per heavy atom. The molecule has 0 aromatic carbocycles. The van der Waals surface area contributed by atoms with E-state index in [0.717, 1.165) is 6.08 Å². The van der Waals surface area contributed by atoms with Crippen molar-refractivity contribution in [1.29, 1.82) is 0 Å². The fourth-order valence-corrected chi connectivity index (χ4v) is 3.32. The van der Waals surface area contributed by atoms with Gasteiger partial charge in [-0.2, -0.15) is 13.2 Å². The molecule has 0 heterocycles. The summed E-state index contributed by atoms with van der Waals surface area (Å²) < 4.78 is 70.7. The van der Waals surface area contributed by atoms with E-state index in [2.05, 4.69) is 11.3 Å². The van der Waals surface area contributed by atoms with Crippen LogP contribution in [0.15, 0.2) is 12.7 Å². The lowest BCUT2D eigenvalue weighted by atomic mass is 9.74. The minimum absolute atomic E-state index is 0.208. The third-order valence-corrected chi connectivity index (χ3v) is 4.29. The van der Waals surface area contributed by atoms with Crippen LogP contribution in [-0.4, -0.2) is 35.4 Å². The summed E-state index contributed by atoms with van der Waals surface area (Å²) in [5.41, 5.74) is -4.05. The Balaban J connectivity index is 2.21. The fourth-order valence-electron chi connectivity index (χ4n) is 3.32. The number of ether oxygens (including phenoxy) is 1. The van der Waals surface area contributed by atoms with E-state index in [1.807, 2.05) is 0 Å². The van der Waals surface area contributed by atoms with Crippen molar-refractivity contribution in [3.8, 4) is 0 Å². The third kappa shape index (κ3) is 1.84. The van der Waals surface area contributed by atoms with Crippen molar-refractivity contribution in [3.05, 3.63) is 12.7 Å². The number of aliphatic hydroxyl groups is 1. The molecule has 1 N–H and O–H groups in total. The van der Waals surface area contributed by atoms with E-state index < -0.39 is 54.5 Å². The van der Waals surface area contributed by atoms with Gasteiger partial charge in [-0.3, -0.25) is 0 Å². The van der Waals surface area contributed by atoms with Crippen LogP contribution in [0.2, 0.25) is 0 Å². The summed E-state index contributed by atoms with van der Waals surface area (Å²) in [7, 11) is 0. The number of fused-ring (bicyclic) bond motifs is 2. The van der Waals surface area contributed by atoms with Gasteiger partial charge in [0.1, 0.15) is 0 Å². The number of halogens is 5. The molecule has 8 heteroatoms. The Bertz CT molecular complexity index is 433. The molecule has 4 unspecified atom stereocenters. The van der Waals surface area contributed by atoms with E-state index in [1.54, 1.807) is 0 Å². The van der Waals surface area contributed by atoms with Crippen LogP contribution >= 0.6 is 0 Å². The van der Waals surface area contributed by atoms with Crippen molar-refractivity contribution in [2.24, 2.45) is 17.8 Å². The summed E-state index contributed by atoms with van der Waals surface area (Å²) in [5.74, 6) is -9.20. The molecule has 2 rings (SSSR count). The molecule has 0 saturated heterocycles. The van der Waals surface area contributed by atoms with Gasteiger partial charge in [-0.15, -0.1) is 0 Å². The van der Waals surface area contributed by atoms with Crippen molar-refractivity contribution in [2.45, 2.75) is 30.5 Å². The Labute approximate surface area is 111 Å². The molecule has 0 amide bonds. The number of esters is 1. The number of rotatable bonds is 3. The second-order valence-corrected chi connectivity index (χ2v) is 5.26. The highest BCUT2D eigenvalue weighted by Crippen LogP contribution is 2.66. The smallest absolute Gasteiger partial charge is 0.423 e. The summed E-state index contributed by atoms with van der Waals surface area (Å²) in [4.78, 5) is 10.9. The predicted molar refractivity (Wildman–Crippen MR) is 56.8 cm³/mol. The van der Waals surface area contributed by atoms with E-state index in [9.17, 15) is 31.9 Å². The van der Waals surface area contributed by atoms with E-state index in [1.165, 1.54) is 0 Å². The van der Waals surface area contributed by atoms with Crippen molar-refractivity contribution in [1.82, 2.24) is 0 Å². The molecule has 0 radical (unpaired) electrons. The fraction of sp³-hybridized carbons (Fsp3) is 0.750. The quantitative estimate of drug-likeness (QED) is 0.494. The first kappa shape index (κ1) is 15.2. The van der Waals surface area contributed by atoms with Gasteiger partial charge in [0.05, 0.1) is 6.61 Å². The van der Waals surface area contributed by atoms with Crippen molar-refractivity contribution in [2.75, 3.05) is 6.61 Å². The largest absolute Gasteiger partial charge is 0.462 e. The van der Waals surface area contributed by atoms with Gasteiger partial charge in [-0.05, 0) is 18.8 Å². The highest BCUT2D eigenvalue weighted by molar-refractivity contribution is 5.81. The van der Waals surface area contributed by atoms with Crippen LogP contribution in [0.4, 0.5) is 22.0 Å².